The first-order valence-electron chi connectivity index (χ1n) is 15.3. The Morgan fingerprint density at radius 3 is 2.49 bits per heavy atom. The predicted octanol–water partition coefficient (Wildman–Crippen LogP) is 1.48. The van der Waals surface area contributed by atoms with Crippen LogP contribution in [0.1, 0.15) is 60.3 Å². The number of nitrogens with zero attached hydrogens (tertiary/aromatic N) is 4. The van der Waals surface area contributed by atoms with Crippen molar-refractivity contribution in [1.29, 1.82) is 5.41 Å². The number of Topliss-reactive ketones (excluding diaryl/α,β-unsaturated/α-hetero) is 1. The monoisotopic (exact) mass is 637 g/mol. The van der Waals surface area contributed by atoms with Gasteiger partial charge in [-0.1, -0.05) is 30.3 Å². The maximum Gasteiger partial charge on any atom is 0.305 e. The van der Waals surface area contributed by atoms with Crippen LogP contribution in [0.15, 0.2) is 41.9 Å². The number of amides is 3. The van der Waals surface area contributed by atoms with E-state index in [9.17, 15) is 29.1 Å². The molecule has 0 spiro atoms. The molecule has 4 heterocycles. The van der Waals surface area contributed by atoms with Crippen molar-refractivity contribution in [1.82, 2.24) is 25.0 Å². The number of aliphatic carboxylic acids is 1. The van der Waals surface area contributed by atoms with Crippen molar-refractivity contribution in [2.45, 2.75) is 75.5 Å². The molecule has 0 bridgehead atoms. The smallest absolute Gasteiger partial charge is 0.305 e. The number of nitrogens with two attached hydrogens (primary N) is 1. The van der Waals surface area contributed by atoms with Crippen molar-refractivity contribution < 1.29 is 29.1 Å². The van der Waals surface area contributed by atoms with E-state index >= 15 is 0 Å². The molecule has 1 aromatic heterocycles. The summed E-state index contributed by atoms with van der Waals surface area (Å²) < 4.78 is 0. The molecule has 0 aliphatic carbocycles. The zero-order valence-corrected chi connectivity index (χ0v) is 25.8. The molecule has 4 atom stereocenters. The van der Waals surface area contributed by atoms with Crippen LogP contribution in [0.4, 0.5) is 0 Å². The van der Waals surface area contributed by atoms with E-state index < -0.39 is 48.4 Å². The fourth-order valence-electron chi connectivity index (χ4n) is 6.73. The molecule has 3 fully saturated rings. The minimum atomic E-state index is -1.21. The average Bonchev–Trinajstić information content (AvgIpc) is 3.72. The molecule has 3 amide bonds. The number of carbonyl (C=O) groups excluding carboxylic acids is 4. The summed E-state index contributed by atoms with van der Waals surface area (Å²) in [7, 11) is 0. The SMILES string of the molecule is N=C(N)N1CCC(CC(NC(=O)C2CC[C@H]3CN(C(=O)CCc4ccccc4)C(CC(=O)O)C(=O)N23)C(=O)c2nccs2)CC1. The van der Waals surface area contributed by atoms with Gasteiger partial charge in [-0.25, -0.2) is 4.98 Å². The topological polar surface area (TPSA) is 190 Å². The largest absolute Gasteiger partial charge is 0.481 e. The van der Waals surface area contributed by atoms with E-state index in [4.69, 9.17) is 11.1 Å². The van der Waals surface area contributed by atoms with Crippen LogP contribution >= 0.6 is 11.3 Å². The number of likely N-dealkylation sites (tertiary alicyclic amines) is 1. The number of piperidine rings is 1. The van der Waals surface area contributed by atoms with Crippen LogP contribution in [0.5, 0.6) is 0 Å². The Morgan fingerprint density at radius 2 is 1.84 bits per heavy atom. The number of carboxylic acids is 1. The first-order chi connectivity index (χ1) is 21.6. The number of rotatable bonds is 11. The molecule has 5 rings (SSSR count). The van der Waals surface area contributed by atoms with Gasteiger partial charge < -0.3 is 30.9 Å². The van der Waals surface area contributed by atoms with Gasteiger partial charge in [-0.2, -0.15) is 0 Å². The lowest BCUT2D eigenvalue weighted by molar-refractivity contribution is -0.160. The number of aromatic nitrogens is 1. The lowest BCUT2D eigenvalue weighted by atomic mass is 9.88. The van der Waals surface area contributed by atoms with Crippen LogP contribution < -0.4 is 11.1 Å². The van der Waals surface area contributed by atoms with Crippen LogP contribution in [-0.4, -0.2) is 104 Å². The number of guanidine groups is 1. The van der Waals surface area contributed by atoms with Gasteiger partial charge in [0.05, 0.1) is 18.5 Å². The van der Waals surface area contributed by atoms with Crippen LogP contribution in [0.2, 0.25) is 0 Å². The zero-order chi connectivity index (χ0) is 32.1. The molecule has 0 radical (unpaired) electrons. The molecule has 5 N–H and O–H groups in total. The molecular formula is C31H39N7O6S. The number of thiazole rings is 1. The summed E-state index contributed by atoms with van der Waals surface area (Å²) in [5.74, 6) is -2.71. The summed E-state index contributed by atoms with van der Waals surface area (Å²) in [6.07, 6.45) is 4.18. The zero-order valence-electron chi connectivity index (χ0n) is 25.0. The maximum absolute atomic E-state index is 13.8. The number of benzene rings is 1. The third kappa shape index (κ3) is 7.49. The van der Waals surface area contributed by atoms with Gasteiger partial charge >= 0.3 is 5.97 Å². The Bertz CT molecular complexity index is 1410. The van der Waals surface area contributed by atoms with Gasteiger partial charge in [0.25, 0.3) is 0 Å². The number of carbonyl (C=O) groups is 5. The van der Waals surface area contributed by atoms with Crippen LogP contribution in [0.3, 0.4) is 0 Å². The van der Waals surface area contributed by atoms with Crippen molar-refractivity contribution in [2.75, 3.05) is 19.6 Å². The van der Waals surface area contributed by atoms with Gasteiger partial charge in [0.15, 0.2) is 11.0 Å². The minimum absolute atomic E-state index is 0.0109. The Labute approximate surface area is 265 Å². The third-order valence-corrected chi connectivity index (χ3v) is 9.88. The van der Waals surface area contributed by atoms with Gasteiger partial charge in [0.2, 0.25) is 23.5 Å². The second-order valence-corrected chi connectivity index (χ2v) is 12.8. The Morgan fingerprint density at radius 1 is 1.11 bits per heavy atom. The molecule has 3 aliphatic heterocycles. The highest BCUT2D eigenvalue weighted by molar-refractivity contribution is 7.11. The van der Waals surface area contributed by atoms with E-state index in [-0.39, 0.29) is 41.5 Å². The minimum Gasteiger partial charge on any atom is -0.481 e. The maximum atomic E-state index is 13.8. The molecule has 14 heteroatoms. The number of nitrogens with one attached hydrogen (secondary N) is 2. The van der Waals surface area contributed by atoms with Crippen molar-refractivity contribution in [2.24, 2.45) is 11.7 Å². The number of hydrogen-bond donors (Lipinski definition) is 4. The molecule has 0 saturated carbocycles. The Balaban J connectivity index is 1.28. The number of ketones is 1. The lowest BCUT2D eigenvalue weighted by Crippen LogP contribution is -2.65. The summed E-state index contributed by atoms with van der Waals surface area (Å²) in [6.45, 7) is 1.33. The molecule has 2 aromatic rings. The molecule has 3 unspecified atom stereocenters. The molecule has 1 aromatic carbocycles. The summed E-state index contributed by atoms with van der Waals surface area (Å²) in [5, 5.41) is 22.2. The Kier molecular flexibility index (Phi) is 10.1. The second-order valence-electron chi connectivity index (χ2n) is 12.0. The summed E-state index contributed by atoms with van der Waals surface area (Å²) >= 11 is 1.19. The van der Waals surface area contributed by atoms with Gasteiger partial charge in [-0.15, -0.1) is 11.3 Å². The fourth-order valence-corrected chi connectivity index (χ4v) is 7.36. The van der Waals surface area contributed by atoms with Gasteiger partial charge in [0.1, 0.15) is 12.1 Å². The summed E-state index contributed by atoms with van der Waals surface area (Å²) in [4.78, 5) is 75.0. The lowest BCUT2D eigenvalue weighted by Gasteiger charge is -2.44. The van der Waals surface area contributed by atoms with Crippen LogP contribution in [0, 0.1) is 11.3 Å². The number of fused-ring (bicyclic) bond motifs is 1. The van der Waals surface area contributed by atoms with E-state index in [1.807, 2.05) is 30.3 Å². The van der Waals surface area contributed by atoms with Crippen molar-refractivity contribution in [3.8, 4) is 0 Å². The van der Waals surface area contributed by atoms with Crippen LogP contribution in [-0.2, 0) is 25.6 Å². The first kappa shape index (κ1) is 32.1. The standard InChI is InChI=1S/C31H39N7O6S/c32-31(33)36-13-10-20(11-14-36)16-22(27(42)29-34-12-15-45-29)35-28(43)23-8-7-21-18-37(24(17-26(40)41)30(44)38(21)23)25(39)9-6-19-4-2-1-3-5-19/h1-5,12,15,20-24H,6-11,13-14,16-18H2,(H3,32,33)(H,35,43)(H,40,41)/t21-,22?,23?,24?/m0/s1. The predicted molar refractivity (Wildman–Crippen MR) is 165 cm³/mol. The summed E-state index contributed by atoms with van der Waals surface area (Å²) in [5.41, 5.74) is 6.60. The molecular weight excluding hydrogens is 598 g/mol. The number of piperazine rings is 1. The number of carboxylic acid groups (broad SMARTS) is 1. The average molecular weight is 638 g/mol. The second kappa shape index (κ2) is 14.2. The molecule has 45 heavy (non-hydrogen) atoms. The van der Waals surface area contributed by atoms with Gasteiger partial charge in [-0.3, -0.25) is 29.4 Å². The third-order valence-electron chi connectivity index (χ3n) is 9.09. The normalized spacial score (nSPS) is 22.5. The number of aryl methyl sites for hydroxylation is 1. The highest BCUT2D eigenvalue weighted by atomic mass is 32.1. The molecule has 3 aliphatic rings. The van der Waals surface area contributed by atoms with E-state index in [1.165, 1.54) is 27.3 Å². The highest BCUT2D eigenvalue weighted by Gasteiger charge is 2.50. The quantitative estimate of drug-likeness (QED) is 0.161. The summed E-state index contributed by atoms with van der Waals surface area (Å²) in [6, 6.07) is 6.08. The number of hydrogen-bond acceptors (Lipinski definition) is 8. The van der Waals surface area contributed by atoms with E-state index in [0.29, 0.717) is 51.6 Å². The fraction of sp³-hybridized carbons (Fsp3) is 0.516. The highest BCUT2D eigenvalue weighted by Crippen LogP contribution is 2.33. The van der Waals surface area contributed by atoms with Gasteiger partial charge in [0, 0.05) is 37.6 Å². The van der Waals surface area contributed by atoms with Crippen molar-refractivity contribution in [3.63, 3.8) is 0 Å². The van der Waals surface area contributed by atoms with Crippen LogP contribution in [0.25, 0.3) is 0 Å². The van der Waals surface area contributed by atoms with E-state index in [2.05, 4.69) is 10.3 Å². The molecule has 13 nitrogen and oxygen atoms in total. The van der Waals surface area contributed by atoms with Crippen molar-refractivity contribution in [3.05, 3.63) is 52.5 Å². The first-order valence-corrected chi connectivity index (χ1v) is 16.2. The van der Waals surface area contributed by atoms with Gasteiger partial charge in [-0.05, 0) is 50.0 Å². The van der Waals surface area contributed by atoms with E-state index in [1.54, 1.807) is 10.3 Å². The molecule has 3 saturated heterocycles. The molecule has 240 valence electrons. The van der Waals surface area contributed by atoms with E-state index in [0.717, 1.165) is 5.56 Å². The Hall–Kier alpha value is -4.33. The van der Waals surface area contributed by atoms with Crippen molar-refractivity contribution >= 4 is 46.8 Å².